The van der Waals surface area contributed by atoms with E-state index in [1.165, 1.54) is 6.07 Å². The summed E-state index contributed by atoms with van der Waals surface area (Å²) in [7, 11) is -3.58. The van der Waals surface area contributed by atoms with E-state index >= 15 is 0 Å². The summed E-state index contributed by atoms with van der Waals surface area (Å²) < 4.78 is 32.9. The number of sulfonamides is 1. The Kier molecular flexibility index (Phi) is 5.37. The highest BCUT2D eigenvalue weighted by Gasteiger charge is 2.27. The standard InChI is InChI=1S/C15H23NO4S/c1-3-15(17)12-5-4-6-14(9-12)21(18,19)16-11(2)13-7-8-20-10-13/h4-6,9,11,13,15-17H,3,7-8,10H2,1-2H3. The van der Waals surface area contributed by atoms with Gasteiger partial charge in [0.1, 0.15) is 0 Å². The topological polar surface area (TPSA) is 75.6 Å². The Morgan fingerprint density at radius 3 is 2.86 bits per heavy atom. The molecule has 3 atom stereocenters. The van der Waals surface area contributed by atoms with Crippen molar-refractivity contribution in [3.05, 3.63) is 29.8 Å². The third-order valence-electron chi connectivity index (χ3n) is 3.95. The summed E-state index contributed by atoms with van der Waals surface area (Å²) in [4.78, 5) is 0.193. The van der Waals surface area contributed by atoms with E-state index < -0.39 is 16.1 Å². The highest BCUT2D eigenvalue weighted by molar-refractivity contribution is 7.89. The second-order valence-electron chi connectivity index (χ2n) is 5.53. The number of aliphatic hydroxyl groups is 1. The van der Waals surface area contributed by atoms with E-state index in [1.54, 1.807) is 18.2 Å². The molecule has 0 aliphatic carbocycles. The average Bonchev–Trinajstić information content (AvgIpc) is 3.00. The molecule has 0 spiro atoms. The predicted octanol–water partition coefficient (Wildman–Crippen LogP) is 1.83. The monoisotopic (exact) mass is 313 g/mol. The SMILES string of the molecule is CCC(O)c1cccc(S(=O)(=O)NC(C)C2CCOC2)c1. The number of hydrogen-bond acceptors (Lipinski definition) is 4. The summed E-state index contributed by atoms with van der Waals surface area (Å²) in [6.07, 6.45) is 0.784. The zero-order valence-electron chi connectivity index (χ0n) is 12.5. The van der Waals surface area contributed by atoms with Gasteiger partial charge in [-0.15, -0.1) is 0 Å². The smallest absolute Gasteiger partial charge is 0.240 e. The average molecular weight is 313 g/mol. The molecule has 5 nitrogen and oxygen atoms in total. The molecule has 0 radical (unpaired) electrons. The van der Waals surface area contributed by atoms with Crippen LogP contribution in [0.5, 0.6) is 0 Å². The number of benzene rings is 1. The van der Waals surface area contributed by atoms with Crippen molar-refractivity contribution in [3.8, 4) is 0 Å². The molecule has 2 N–H and O–H groups in total. The first-order chi connectivity index (χ1) is 9.94. The zero-order chi connectivity index (χ0) is 15.5. The third-order valence-corrected chi connectivity index (χ3v) is 5.51. The minimum Gasteiger partial charge on any atom is -0.388 e. The quantitative estimate of drug-likeness (QED) is 0.840. The van der Waals surface area contributed by atoms with Crippen molar-refractivity contribution in [3.63, 3.8) is 0 Å². The summed E-state index contributed by atoms with van der Waals surface area (Å²) >= 11 is 0. The van der Waals surface area contributed by atoms with Crippen molar-refractivity contribution in [1.29, 1.82) is 0 Å². The molecule has 0 amide bonds. The number of rotatable bonds is 6. The second-order valence-corrected chi connectivity index (χ2v) is 7.24. The molecular formula is C15H23NO4S. The van der Waals surface area contributed by atoms with Crippen LogP contribution in [0.15, 0.2) is 29.2 Å². The first-order valence-corrected chi connectivity index (χ1v) is 8.80. The van der Waals surface area contributed by atoms with E-state index in [-0.39, 0.29) is 16.9 Å². The lowest BCUT2D eigenvalue weighted by molar-refractivity contribution is 0.173. The van der Waals surface area contributed by atoms with E-state index in [0.29, 0.717) is 25.2 Å². The van der Waals surface area contributed by atoms with Gasteiger partial charge in [0.2, 0.25) is 10.0 Å². The normalized spacial score (nSPS) is 22.1. The van der Waals surface area contributed by atoms with Crippen LogP contribution in [0.4, 0.5) is 0 Å². The molecule has 0 saturated carbocycles. The zero-order valence-corrected chi connectivity index (χ0v) is 13.3. The van der Waals surface area contributed by atoms with Gasteiger partial charge in [-0.05, 0) is 37.5 Å². The summed E-state index contributed by atoms with van der Waals surface area (Å²) in [5, 5.41) is 9.84. The molecular weight excluding hydrogens is 290 g/mol. The van der Waals surface area contributed by atoms with Gasteiger partial charge in [0.25, 0.3) is 0 Å². The number of ether oxygens (including phenoxy) is 1. The van der Waals surface area contributed by atoms with Crippen LogP contribution in [0.25, 0.3) is 0 Å². The maximum atomic E-state index is 12.4. The van der Waals surface area contributed by atoms with E-state index in [4.69, 9.17) is 4.74 Å². The minimum atomic E-state index is -3.58. The fourth-order valence-electron chi connectivity index (χ4n) is 2.48. The fraction of sp³-hybridized carbons (Fsp3) is 0.600. The van der Waals surface area contributed by atoms with Crippen molar-refractivity contribution in [1.82, 2.24) is 4.72 Å². The van der Waals surface area contributed by atoms with Gasteiger partial charge in [-0.3, -0.25) is 0 Å². The Bertz CT molecular complexity index is 567. The van der Waals surface area contributed by atoms with Crippen LogP contribution in [0.2, 0.25) is 0 Å². The van der Waals surface area contributed by atoms with Crippen molar-refractivity contribution in [2.24, 2.45) is 5.92 Å². The first kappa shape index (κ1) is 16.4. The molecule has 0 bridgehead atoms. The highest BCUT2D eigenvalue weighted by Crippen LogP contribution is 2.22. The number of aliphatic hydroxyl groups excluding tert-OH is 1. The molecule has 118 valence electrons. The lowest BCUT2D eigenvalue weighted by Crippen LogP contribution is -2.38. The Labute approximate surface area is 126 Å². The number of hydrogen-bond donors (Lipinski definition) is 2. The van der Waals surface area contributed by atoms with Crippen LogP contribution in [0.1, 0.15) is 38.4 Å². The molecule has 1 aliphatic rings. The van der Waals surface area contributed by atoms with Gasteiger partial charge in [0.15, 0.2) is 0 Å². The van der Waals surface area contributed by atoms with E-state index in [2.05, 4.69) is 4.72 Å². The molecule has 2 rings (SSSR count). The Morgan fingerprint density at radius 1 is 1.48 bits per heavy atom. The molecule has 1 aromatic carbocycles. The van der Waals surface area contributed by atoms with Gasteiger partial charge < -0.3 is 9.84 Å². The molecule has 1 aliphatic heterocycles. The summed E-state index contributed by atoms with van der Waals surface area (Å²) in [6, 6.07) is 6.31. The van der Waals surface area contributed by atoms with Crippen LogP contribution in [0, 0.1) is 5.92 Å². The van der Waals surface area contributed by atoms with Gasteiger partial charge in [-0.1, -0.05) is 19.1 Å². The molecule has 1 aromatic rings. The molecule has 1 fully saturated rings. The largest absolute Gasteiger partial charge is 0.388 e. The van der Waals surface area contributed by atoms with Crippen LogP contribution in [0.3, 0.4) is 0 Å². The molecule has 1 saturated heterocycles. The molecule has 6 heteroatoms. The predicted molar refractivity (Wildman–Crippen MR) is 80.4 cm³/mol. The van der Waals surface area contributed by atoms with Crippen molar-refractivity contribution in [2.75, 3.05) is 13.2 Å². The van der Waals surface area contributed by atoms with Crippen LogP contribution < -0.4 is 4.72 Å². The summed E-state index contributed by atoms with van der Waals surface area (Å²) in [5.74, 6) is 0.212. The van der Waals surface area contributed by atoms with Crippen molar-refractivity contribution < 1.29 is 18.3 Å². The van der Waals surface area contributed by atoms with Crippen LogP contribution in [-0.2, 0) is 14.8 Å². The van der Waals surface area contributed by atoms with Gasteiger partial charge in [0.05, 0.1) is 17.6 Å². The van der Waals surface area contributed by atoms with E-state index in [9.17, 15) is 13.5 Å². The summed E-state index contributed by atoms with van der Waals surface area (Å²) in [5.41, 5.74) is 0.622. The van der Waals surface area contributed by atoms with Gasteiger partial charge >= 0.3 is 0 Å². The first-order valence-electron chi connectivity index (χ1n) is 7.32. The Morgan fingerprint density at radius 2 is 2.24 bits per heavy atom. The highest BCUT2D eigenvalue weighted by atomic mass is 32.2. The Hall–Kier alpha value is -0.950. The van der Waals surface area contributed by atoms with Crippen molar-refractivity contribution >= 4 is 10.0 Å². The second kappa shape index (κ2) is 6.87. The third kappa shape index (κ3) is 4.03. The summed E-state index contributed by atoms with van der Waals surface area (Å²) in [6.45, 7) is 5.00. The van der Waals surface area contributed by atoms with Gasteiger partial charge in [-0.25, -0.2) is 13.1 Å². The minimum absolute atomic E-state index is 0.169. The lowest BCUT2D eigenvalue weighted by atomic mass is 10.0. The Balaban J connectivity index is 2.15. The van der Waals surface area contributed by atoms with Gasteiger partial charge in [0, 0.05) is 18.6 Å². The van der Waals surface area contributed by atoms with E-state index in [1.807, 2.05) is 13.8 Å². The molecule has 0 aromatic heterocycles. The fourth-order valence-corrected chi connectivity index (χ4v) is 3.85. The maximum absolute atomic E-state index is 12.4. The van der Waals surface area contributed by atoms with Crippen molar-refractivity contribution in [2.45, 2.75) is 43.7 Å². The number of nitrogens with one attached hydrogen (secondary N) is 1. The van der Waals surface area contributed by atoms with Crippen LogP contribution >= 0.6 is 0 Å². The molecule has 1 heterocycles. The molecule has 21 heavy (non-hydrogen) atoms. The molecule has 3 unspecified atom stereocenters. The van der Waals surface area contributed by atoms with Crippen LogP contribution in [-0.4, -0.2) is 32.8 Å². The van der Waals surface area contributed by atoms with Gasteiger partial charge in [-0.2, -0.15) is 0 Å². The maximum Gasteiger partial charge on any atom is 0.240 e. The van der Waals surface area contributed by atoms with E-state index in [0.717, 1.165) is 6.42 Å². The lowest BCUT2D eigenvalue weighted by Gasteiger charge is -2.19.